The van der Waals surface area contributed by atoms with Gasteiger partial charge in [0.05, 0.1) is 12.5 Å². The summed E-state index contributed by atoms with van der Waals surface area (Å²) in [4.78, 5) is 6.15. The number of pyridine rings is 1. The molecule has 1 heterocycles. The Hall–Kier alpha value is -1.76. The molecule has 0 atom stereocenters. The normalized spacial score (nSPS) is 9.21. The molecule has 4 nitrogen and oxygen atoms in total. The minimum atomic E-state index is 0.535. The Morgan fingerprint density at radius 3 is 3.07 bits per heavy atom. The lowest BCUT2D eigenvalue weighted by Crippen LogP contribution is -2.18. The number of hydrogen-bond donors (Lipinski definition) is 1. The first kappa shape index (κ1) is 10.3. The van der Waals surface area contributed by atoms with Crippen LogP contribution in [0.3, 0.4) is 0 Å². The van der Waals surface area contributed by atoms with Crippen molar-refractivity contribution >= 4 is 11.5 Å². The molecule has 0 aliphatic rings. The van der Waals surface area contributed by atoms with Crippen LogP contribution in [0.1, 0.15) is 6.42 Å². The fraction of sp³-hybridized carbons (Fsp3) is 0.400. The van der Waals surface area contributed by atoms with Crippen LogP contribution in [0.25, 0.3) is 0 Å². The van der Waals surface area contributed by atoms with Crippen LogP contribution in [0.5, 0.6) is 0 Å². The van der Waals surface area contributed by atoms with Crippen LogP contribution in [-0.2, 0) is 0 Å². The third-order valence-electron chi connectivity index (χ3n) is 2.00. The smallest absolute Gasteiger partial charge is 0.127 e. The molecule has 0 aromatic carbocycles. The highest BCUT2D eigenvalue weighted by Crippen LogP contribution is 2.15. The third-order valence-corrected chi connectivity index (χ3v) is 2.00. The van der Waals surface area contributed by atoms with Crippen molar-refractivity contribution < 1.29 is 0 Å². The van der Waals surface area contributed by atoms with E-state index in [0.717, 1.165) is 18.1 Å². The summed E-state index contributed by atoms with van der Waals surface area (Å²) in [6.07, 6.45) is 2.29. The number of anilines is 2. The SMILES string of the molecule is CNc1cc(N(C)CCC#N)ccn1. The molecular formula is C10H14N4. The van der Waals surface area contributed by atoms with Crippen molar-refractivity contribution in [1.29, 1.82) is 5.26 Å². The Morgan fingerprint density at radius 1 is 1.64 bits per heavy atom. The molecule has 0 amide bonds. The van der Waals surface area contributed by atoms with E-state index in [1.807, 2.05) is 31.1 Å². The van der Waals surface area contributed by atoms with Crippen LogP contribution in [0.4, 0.5) is 11.5 Å². The van der Waals surface area contributed by atoms with E-state index in [-0.39, 0.29) is 0 Å². The minimum Gasteiger partial charge on any atom is -0.373 e. The predicted octanol–water partition coefficient (Wildman–Crippen LogP) is 1.47. The summed E-state index contributed by atoms with van der Waals surface area (Å²) in [6.45, 7) is 0.740. The van der Waals surface area contributed by atoms with Crippen molar-refractivity contribution in [3.8, 4) is 6.07 Å². The van der Waals surface area contributed by atoms with Gasteiger partial charge in [0.25, 0.3) is 0 Å². The van der Waals surface area contributed by atoms with Crippen molar-refractivity contribution in [3.05, 3.63) is 18.3 Å². The van der Waals surface area contributed by atoms with Crippen molar-refractivity contribution in [3.63, 3.8) is 0 Å². The molecule has 0 spiro atoms. The van der Waals surface area contributed by atoms with Gasteiger partial charge < -0.3 is 10.2 Å². The lowest BCUT2D eigenvalue weighted by molar-refractivity contribution is 0.904. The molecule has 1 aromatic heterocycles. The molecule has 0 unspecified atom stereocenters. The van der Waals surface area contributed by atoms with Gasteiger partial charge in [0.2, 0.25) is 0 Å². The maximum atomic E-state index is 8.46. The average molecular weight is 190 g/mol. The van der Waals surface area contributed by atoms with E-state index in [0.29, 0.717) is 6.42 Å². The first-order chi connectivity index (χ1) is 6.77. The molecule has 4 heteroatoms. The van der Waals surface area contributed by atoms with Gasteiger partial charge >= 0.3 is 0 Å². The van der Waals surface area contributed by atoms with Crippen LogP contribution in [0.2, 0.25) is 0 Å². The monoisotopic (exact) mass is 190 g/mol. The van der Waals surface area contributed by atoms with Crippen molar-refractivity contribution in [2.75, 3.05) is 30.9 Å². The van der Waals surface area contributed by atoms with Crippen LogP contribution in [-0.4, -0.2) is 25.6 Å². The molecule has 0 fully saturated rings. The minimum absolute atomic E-state index is 0.535. The quantitative estimate of drug-likeness (QED) is 0.781. The largest absolute Gasteiger partial charge is 0.373 e. The Bertz CT molecular complexity index is 329. The highest BCUT2D eigenvalue weighted by Gasteiger charge is 2.00. The van der Waals surface area contributed by atoms with Gasteiger partial charge in [0.15, 0.2) is 0 Å². The van der Waals surface area contributed by atoms with E-state index in [2.05, 4.69) is 16.4 Å². The second kappa shape index (κ2) is 5.07. The number of nitrogens with one attached hydrogen (secondary N) is 1. The predicted molar refractivity (Wildman–Crippen MR) is 57.3 cm³/mol. The zero-order chi connectivity index (χ0) is 10.4. The van der Waals surface area contributed by atoms with Gasteiger partial charge in [-0.2, -0.15) is 5.26 Å². The zero-order valence-electron chi connectivity index (χ0n) is 8.49. The van der Waals surface area contributed by atoms with E-state index in [1.54, 1.807) is 6.20 Å². The van der Waals surface area contributed by atoms with Crippen molar-refractivity contribution in [2.24, 2.45) is 0 Å². The molecule has 0 aliphatic heterocycles. The molecule has 0 radical (unpaired) electrons. The Balaban J connectivity index is 2.70. The number of rotatable bonds is 4. The summed E-state index contributed by atoms with van der Waals surface area (Å²) in [5.41, 5.74) is 1.07. The van der Waals surface area contributed by atoms with Gasteiger partial charge in [-0.05, 0) is 6.07 Å². The standard InChI is InChI=1S/C10H14N4/c1-12-10-8-9(4-6-13-10)14(2)7-3-5-11/h4,6,8H,3,7H2,1-2H3,(H,12,13). The number of nitriles is 1. The summed E-state index contributed by atoms with van der Waals surface area (Å²) in [5, 5.41) is 11.4. The fourth-order valence-electron chi connectivity index (χ4n) is 1.14. The van der Waals surface area contributed by atoms with Gasteiger partial charge in [-0.15, -0.1) is 0 Å². The maximum absolute atomic E-state index is 8.46. The van der Waals surface area contributed by atoms with Gasteiger partial charge in [0, 0.05) is 38.6 Å². The molecule has 1 rings (SSSR count). The van der Waals surface area contributed by atoms with Crippen LogP contribution < -0.4 is 10.2 Å². The van der Waals surface area contributed by atoms with Gasteiger partial charge in [-0.25, -0.2) is 4.98 Å². The third kappa shape index (κ3) is 2.63. The number of nitrogens with zero attached hydrogens (tertiary/aromatic N) is 3. The summed E-state index contributed by atoms with van der Waals surface area (Å²) in [6, 6.07) is 6.01. The Kier molecular flexibility index (Phi) is 3.74. The number of aromatic nitrogens is 1. The second-order valence-corrected chi connectivity index (χ2v) is 2.98. The first-order valence-corrected chi connectivity index (χ1v) is 4.50. The fourth-order valence-corrected chi connectivity index (χ4v) is 1.14. The topological polar surface area (TPSA) is 52.0 Å². The van der Waals surface area contributed by atoms with Gasteiger partial charge in [-0.1, -0.05) is 0 Å². The molecule has 0 saturated carbocycles. The Labute approximate surface area is 84.2 Å². The van der Waals surface area contributed by atoms with E-state index >= 15 is 0 Å². The highest BCUT2D eigenvalue weighted by molar-refractivity contribution is 5.53. The summed E-state index contributed by atoms with van der Waals surface area (Å²) in [5.74, 6) is 0.839. The second-order valence-electron chi connectivity index (χ2n) is 2.98. The van der Waals surface area contributed by atoms with Crippen molar-refractivity contribution in [2.45, 2.75) is 6.42 Å². The number of hydrogen-bond acceptors (Lipinski definition) is 4. The van der Waals surface area contributed by atoms with E-state index < -0.39 is 0 Å². The molecule has 0 aliphatic carbocycles. The highest BCUT2D eigenvalue weighted by atomic mass is 15.1. The maximum Gasteiger partial charge on any atom is 0.127 e. The van der Waals surface area contributed by atoms with Gasteiger partial charge in [-0.3, -0.25) is 0 Å². The summed E-state index contributed by atoms with van der Waals surface area (Å²) in [7, 11) is 3.80. The van der Waals surface area contributed by atoms with Crippen molar-refractivity contribution in [1.82, 2.24) is 4.98 Å². The molecule has 14 heavy (non-hydrogen) atoms. The molecule has 74 valence electrons. The lowest BCUT2D eigenvalue weighted by Gasteiger charge is -2.17. The lowest BCUT2D eigenvalue weighted by atomic mass is 10.3. The summed E-state index contributed by atoms with van der Waals surface area (Å²) >= 11 is 0. The van der Waals surface area contributed by atoms with E-state index in [9.17, 15) is 0 Å². The average Bonchev–Trinajstić information content (AvgIpc) is 2.26. The zero-order valence-corrected chi connectivity index (χ0v) is 8.49. The van der Waals surface area contributed by atoms with Gasteiger partial charge in [0.1, 0.15) is 5.82 Å². The van der Waals surface area contributed by atoms with Crippen LogP contribution in [0, 0.1) is 11.3 Å². The van der Waals surface area contributed by atoms with Crippen LogP contribution in [0.15, 0.2) is 18.3 Å². The molecule has 0 saturated heterocycles. The first-order valence-electron chi connectivity index (χ1n) is 4.50. The Morgan fingerprint density at radius 2 is 2.43 bits per heavy atom. The van der Waals surface area contributed by atoms with E-state index in [1.165, 1.54) is 0 Å². The van der Waals surface area contributed by atoms with Crippen LogP contribution >= 0.6 is 0 Å². The summed E-state index contributed by atoms with van der Waals surface area (Å²) < 4.78 is 0. The molecule has 1 aromatic rings. The van der Waals surface area contributed by atoms with E-state index in [4.69, 9.17) is 5.26 Å². The molecular weight excluding hydrogens is 176 g/mol. The molecule has 0 bridgehead atoms. The molecule has 1 N–H and O–H groups in total.